The van der Waals surface area contributed by atoms with Gasteiger partial charge in [0.1, 0.15) is 17.1 Å². The largest absolute Gasteiger partial charge is 0.508 e. The number of carbonyl (C=O) groups is 1. The first-order chi connectivity index (χ1) is 16.7. The summed E-state index contributed by atoms with van der Waals surface area (Å²) in [5.74, 6) is -1.35. The number of anilines is 2. The third-order valence-electron chi connectivity index (χ3n) is 5.42. The van der Waals surface area contributed by atoms with Crippen molar-refractivity contribution in [3.63, 3.8) is 0 Å². The van der Waals surface area contributed by atoms with Crippen LogP contribution in [-0.2, 0) is 6.18 Å². The first-order valence-electron chi connectivity index (χ1n) is 10.4. The molecule has 0 aliphatic carbocycles. The van der Waals surface area contributed by atoms with Crippen molar-refractivity contribution in [3.05, 3.63) is 96.6 Å². The first kappa shape index (κ1) is 22.1. The van der Waals surface area contributed by atoms with Crippen molar-refractivity contribution in [2.45, 2.75) is 6.18 Å². The molecule has 0 saturated carbocycles. The molecule has 0 spiro atoms. The van der Waals surface area contributed by atoms with Crippen LogP contribution in [0.4, 0.5) is 24.5 Å². The minimum atomic E-state index is -4.58. The Morgan fingerprint density at radius 3 is 2.26 bits per heavy atom. The minimum absolute atomic E-state index is 0.0499. The predicted octanol–water partition coefficient (Wildman–Crippen LogP) is 5.69. The van der Waals surface area contributed by atoms with Gasteiger partial charge in [-0.2, -0.15) is 18.3 Å². The number of carbonyl (C=O) groups excluding carboxylic acids is 1. The summed E-state index contributed by atoms with van der Waals surface area (Å²) in [5.41, 5.74) is -0.888. The number of phenols is 2. The number of phenolic OH excluding ortho intramolecular Hbond substituents is 2. The number of fused-ring (bicyclic) bond motifs is 1. The predicted molar refractivity (Wildman–Crippen MR) is 123 cm³/mol. The van der Waals surface area contributed by atoms with Gasteiger partial charge in [0.15, 0.2) is 0 Å². The molecule has 0 saturated heterocycles. The van der Waals surface area contributed by atoms with Gasteiger partial charge in [0.05, 0.1) is 35.0 Å². The molecule has 0 bridgehead atoms. The lowest BCUT2D eigenvalue weighted by molar-refractivity contribution is -0.137. The Kier molecular flexibility index (Phi) is 5.20. The van der Waals surface area contributed by atoms with Gasteiger partial charge >= 0.3 is 6.18 Å². The maximum atomic E-state index is 13.4. The van der Waals surface area contributed by atoms with E-state index in [1.807, 2.05) is 24.3 Å². The van der Waals surface area contributed by atoms with Crippen molar-refractivity contribution in [2.24, 2.45) is 0 Å². The first-order valence-corrected chi connectivity index (χ1v) is 10.4. The topological polar surface area (TPSA) is 92.3 Å². The van der Waals surface area contributed by atoms with Gasteiger partial charge in [-0.15, -0.1) is 0 Å². The van der Waals surface area contributed by atoms with Gasteiger partial charge in [0.2, 0.25) is 0 Å². The Bertz CT molecular complexity index is 1540. The van der Waals surface area contributed by atoms with Crippen molar-refractivity contribution in [1.29, 1.82) is 0 Å². The van der Waals surface area contributed by atoms with E-state index in [4.69, 9.17) is 0 Å². The zero-order valence-corrected chi connectivity index (χ0v) is 17.9. The smallest absolute Gasteiger partial charge is 0.418 e. The monoisotopic (exact) mass is 478 g/mol. The molecule has 5 aromatic rings. The van der Waals surface area contributed by atoms with E-state index in [1.165, 1.54) is 41.2 Å². The average Bonchev–Trinajstić information content (AvgIpc) is 3.45. The molecule has 0 fully saturated rings. The summed E-state index contributed by atoms with van der Waals surface area (Å²) in [5, 5.41) is 29.0. The summed E-state index contributed by atoms with van der Waals surface area (Å²) < 4.78 is 42.6. The van der Waals surface area contributed by atoms with E-state index in [2.05, 4.69) is 10.4 Å². The van der Waals surface area contributed by atoms with Crippen LogP contribution in [0.25, 0.3) is 16.5 Å². The van der Waals surface area contributed by atoms with Crippen molar-refractivity contribution in [3.8, 4) is 17.2 Å². The second kappa shape index (κ2) is 8.24. The molecule has 0 radical (unpaired) electrons. The molecule has 7 nitrogen and oxygen atoms in total. The van der Waals surface area contributed by atoms with Gasteiger partial charge in [0, 0.05) is 24.5 Å². The lowest BCUT2D eigenvalue weighted by Gasteiger charge is -2.13. The fourth-order valence-corrected chi connectivity index (χ4v) is 3.85. The zero-order chi connectivity index (χ0) is 24.7. The highest BCUT2D eigenvalue weighted by atomic mass is 19.4. The molecule has 176 valence electrons. The summed E-state index contributed by atoms with van der Waals surface area (Å²) in [6.45, 7) is 0. The number of rotatable bonds is 4. The molecule has 0 aliphatic rings. The number of benzene rings is 3. The summed E-state index contributed by atoms with van der Waals surface area (Å²) in [4.78, 5) is 13.3. The zero-order valence-electron chi connectivity index (χ0n) is 17.9. The fraction of sp³-hybridized carbons (Fsp3) is 0.0400. The van der Waals surface area contributed by atoms with Crippen LogP contribution in [0.3, 0.4) is 0 Å². The molecular weight excluding hydrogens is 461 g/mol. The highest BCUT2D eigenvalue weighted by molar-refractivity contribution is 6.06. The van der Waals surface area contributed by atoms with Gasteiger partial charge in [-0.3, -0.25) is 9.36 Å². The SMILES string of the molecule is O=C(c1c(O)cc(O)cc1Nc1cnn(-c2ccccc2C(F)(F)F)c1)n1cc2ccccc2c1. The van der Waals surface area contributed by atoms with Crippen LogP contribution < -0.4 is 5.32 Å². The molecule has 0 unspecified atom stereocenters. The Balaban J connectivity index is 1.52. The summed E-state index contributed by atoms with van der Waals surface area (Å²) in [6.07, 6.45) is 1.23. The van der Waals surface area contributed by atoms with Crippen molar-refractivity contribution in [1.82, 2.24) is 14.3 Å². The molecule has 5 rings (SSSR count). The Hall–Kier alpha value is -4.73. The van der Waals surface area contributed by atoms with E-state index in [0.717, 1.165) is 27.6 Å². The van der Waals surface area contributed by atoms with Crippen LogP contribution in [0, 0.1) is 0 Å². The second-order valence-corrected chi connectivity index (χ2v) is 7.80. The van der Waals surface area contributed by atoms with Crippen LogP contribution in [0.5, 0.6) is 11.5 Å². The molecule has 3 aromatic carbocycles. The number of aromatic nitrogens is 3. The summed E-state index contributed by atoms with van der Waals surface area (Å²) in [6, 6.07) is 14.6. The molecule has 2 aromatic heterocycles. The number of alkyl halides is 3. The highest BCUT2D eigenvalue weighted by Gasteiger charge is 2.34. The third kappa shape index (κ3) is 4.17. The van der Waals surface area contributed by atoms with Gasteiger partial charge < -0.3 is 15.5 Å². The highest BCUT2D eigenvalue weighted by Crippen LogP contribution is 2.36. The number of hydrogen-bond acceptors (Lipinski definition) is 5. The van der Waals surface area contributed by atoms with E-state index in [0.29, 0.717) is 0 Å². The maximum Gasteiger partial charge on any atom is 0.418 e. The number of para-hydroxylation sites is 1. The Morgan fingerprint density at radius 2 is 1.57 bits per heavy atom. The fourth-order valence-electron chi connectivity index (χ4n) is 3.85. The molecule has 0 amide bonds. The van der Waals surface area contributed by atoms with Gasteiger partial charge in [-0.25, -0.2) is 4.68 Å². The molecule has 10 heteroatoms. The van der Waals surface area contributed by atoms with Crippen LogP contribution in [0.1, 0.15) is 15.9 Å². The van der Waals surface area contributed by atoms with Gasteiger partial charge in [-0.1, -0.05) is 36.4 Å². The molecule has 35 heavy (non-hydrogen) atoms. The lowest BCUT2D eigenvalue weighted by atomic mass is 10.1. The summed E-state index contributed by atoms with van der Waals surface area (Å²) >= 11 is 0. The van der Waals surface area contributed by atoms with Crippen molar-refractivity contribution in [2.75, 3.05) is 5.32 Å². The molecule has 2 heterocycles. The minimum Gasteiger partial charge on any atom is -0.508 e. The van der Waals surface area contributed by atoms with E-state index in [-0.39, 0.29) is 28.4 Å². The number of nitrogens with zero attached hydrogens (tertiary/aromatic N) is 3. The maximum absolute atomic E-state index is 13.4. The van der Waals surface area contributed by atoms with E-state index in [9.17, 15) is 28.2 Å². The van der Waals surface area contributed by atoms with E-state index >= 15 is 0 Å². The normalized spacial score (nSPS) is 11.6. The molecule has 0 atom stereocenters. The van der Waals surface area contributed by atoms with Crippen LogP contribution in [0.15, 0.2) is 85.5 Å². The molecule has 3 N–H and O–H groups in total. The number of halogens is 3. The summed E-state index contributed by atoms with van der Waals surface area (Å²) in [7, 11) is 0. The van der Waals surface area contributed by atoms with E-state index in [1.54, 1.807) is 12.4 Å². The van der Waals surface area contributed by atoms with Crippen LogP contribution >= 0.6 is 0 Å². The van der Waals surface area contributed by atoms with Crippen molar-refractivity contribution < 1.29 is 28.2 Å². The lowest BCUT2D eigenvalue weighted by Crippen LogP contribution is -2.12. The third-order valence-corrected chi connectivity index (χ3v) is 5.42. The van der Waals surface area contributed by atoms with Crippen molar-refractivity contribution >= 4 is 28.1 Å². The van der Waals surface area contributed by atoms with Gasteiger partial charge in [0.25, 0.3) is 5.91 Å². The van der Waals surface area contributed by atoms with Crippen LogP contribution in [0.2, 0.25) is 0 Å². The Labute approximate surface area is 196 Å². The van der Waals surface area contributed by atoms with Crippen LogP contribution in [-0.4, -0.2) is 30.5 Å². The molecular formula is C25H17F3N4O3. The van der Waals surface area contributed by atoms with Gasteiger partial charge in [-0.05, 0) is 22.9 Å². The second-order valence-electron chi connectivity index (χ2n) is 7.80. The number of hydrogen-bond donors (Lipinski definition) is 3. The standard InChI is InChI=1S/C25H17F3N4O3/c26-25(27,28)19-7-3-4-8-21(19)32-14-17(11-29-32)30-20-9-18(33)10-22(34)23(20)24(35)31-12-15-5-1-2-6-16(15)13-31/h1-14,30,33-34H. The number of nitrogens with one attached hydrogen (secondary N) is 1. The molecule has 0 aliphatic heterocycles. The van der Waals surface area contributed by atoms with E-state index < -0.39 is 23.4 Å². The average molecular weight is 478 g/mol. The quantitative estimate of drug-likeness (QED) is 0.309. The Morgan fingerprint density at radius 1 is 0.914 bits per heavy atom. The number of aromatic hydroxyl groups is 2.